The van der Waals surface area contributed by atoms with Gasteiger partial charge in [0.1, 0.15) is 36.4 Å². The molecule has 6 nitrogen and oxygen atoms in total. The lowest BCUT2D eigenvalue weighted by Crippen LogP contribution is -2.27. The second-order valence-electron chi connectivity index (χ2n) is 6.74. The Morgan fingerprint density at radius 3 is 2.04 bits per heavy atom. The highest BCUT2D eigenvalue weighted by Gasteiger charge is 2.16. The maximum absolute atomic E-state index is 11.7. The lowest BCUT2D eigenvalue weighted by atomic mass is 10.2. The Morgan fingerprint density at radius 2 is 1.50 bits per heavy atom. The van der Waals surface area contributed by atoms with Crippen molar-refractivity contribution in [2.75, 3.05) is 18.5 Å². The molecule has 140 valence electrons. The third-order valence-corrected chi connectivity index (χ3v) is 3.13. The molecule has 1 atom stereocenters. The third kappa shape index (κ3) is 7.44. The molecule has 0 aromatic heterocycles. The molecule has 0 spiro atoms. The van der Waals surface area contributed by atoms with Gasteiger partial charge in [-0.1, -0.05) is 18.2 Å². The molecular weight excluding hydrogens is 334 g/mol. The highest BCUT2D eigenvalue weighted by Crippen LogP contribution is 2.17. The number of anilines is 1. The quantitative estimate of drug-likeness (QED) is 0.785. The fraction of sp³-hybridized carbons (Fsp3) is 0.350. The van der Waals surface area contributed by atoms with Gasteiger partial charge < -0.3 is 19.3 Å². The van der Waals surface area contributed by atoms with Crippen LogP contribution in [0.4, 0.5) is 10.5 Å². The minimum absolute atomic E-state index is 0.103. The van der Waals surface area contributed by atoms with Crippen molar-refractivity contribution in [1.29, 1.82) is 0 Å². The molecule has 0 bridgehead atoms. The number of nitrogens with one attached hydrogen (secondary N) is 1. The standard InChI is InChI=1S/C20H25NO5/c1-20(2,3)26-19(23)21-15-9-11-18(12-10-15)25-14-16(22)13-24-17-7-5-4-6-8-17/h4-12,16,22H,13-14H2,1-3H3,(H,21,23). The van der Waals surface area contributed by atoms with E-state index < -0.39 is 17.8 Å². The number of hydrogen-bond donors (Lipinski definition) is 2. The van der Waals surface area contributed by atoms with Crippen LogP contribution in [0.3, 0.4) is 0 Å². The van der Waals surface area contributed by atoms with Crippen molar-refractivity contribution >= 4 is 11.8 Å². The molecule has 0 saturated carbocycles. The Hall–Kier alpha value is -2.73. The molecule has 2 aromatic rings. The van der Waals surface area contributed by atoms with Gasteiger partial charge in [-0.05, 0) is 57.2 Å². The summed E-state index contributed by atoms with van der Waals surface area (Å²) in [6, 6.07) is 16.1. The second-order valence-corrected chi connectivity index (χ2v) is 6.74. The molecule has 2 rings (SSSR count). The number of benzene rings is 2. The molecule has 1 amide bonds. The summed E-state index contributed by atoms with van der Waals surface area (Å²) in [6.07, 6.45) is -1.27. The summed E-state index contributed by atoms with van der Waals surface area (Å²) in [6.45, 7) is 5.65. The van der Waals surface area contributed by atoms with Crippen LogP contribution in [0.1, 0.15) is 20.8 Å². The van der Waals surface area contributed by atoms with Gasteiger partial charge in [0.15, 0.2) is 0 Å². The summed E-state index contributed by atoms with van der Waals surface area (Å²) in [5, 5.41) is 12.6. The van der Waals surface area contributed by atoms with Gasteiger partial charge >= 0.3 is 6.09 Å². The Kier molecular flexibility index (Phi) is 6.86. The van der Waals surface area contributed by atoms with Gasteiger partial charge in [-0.25, -0.2) is 4.79 Å². The fourth-order valence-electron chi connectivity index (χ4n) is 2.01. The van der Waals surface area contributed by atoms with E-state index in [-0.39, 0.29) is 13.2 Å². The predicted molar refractivity (Wildman–Crippen MR) is 99.7 cm³/mol. The van der Waals surface area contributed by atoms with Crippen molar-refractivity contribution in [1.82, 2.24) is 0 Å². The highest BCUT2D eigenvalue weighted by molar-refractivity contribution is 5.84. The molecule has 0 radical (unpaired) electrons. The van der Waals surface area contributed by atoms with E-state index in [0.29, 0.717) is 17.2 Å². The van der Waals surface area contributed by atoms with Crippen LogP contribution < -0.4 is 14.8 Å². The third-order valence-electron chi connectivity index (χ3n) is 3.13. The fourth-order valence-corrected chi connectivity index (χ4v) is 2.01. The SMILES string of the molecule is CC(C)(C)OC(=O)Nc1ccc(OCC(O)COc2ccccc2)cc1. The highest BCUT2D eigenvalue weighted by atomic mass is 16.6. The maximum atomic E-state index is 11.7. The second kappa shape index (κ2) is 9.10. The van der Waals surface area contributed by atoms with Gasteiger partial charge in [0.25, 0.3) is 0 Å². The van der Waals surface area contributed by atoms with Crippen molar-refractivity contribution in [3.63, 3.8) is 0 Å². The summed E-state index contributed by atoms with van der Waals surface area (Å²) >= 11 is 0. The van der Waals surface area contributed by atoms with Crippen molar-refractivity contribution in [2.24, 2.45) is 0 Å². The number of carbonyl (C=O) groups excluding carboxylic acids is 1. The number of amides is 1. The summed E-state index contributed by atoms with van der Waals surface area (Å²) in [5.74, 6) is 1.28. The lowest BCUT2D eigenvalue weighted by molar-refractivity contribution is 0.0626. The van der Waals surface area contributed by atoms with Crippen LogP contribution in [0, 0.1) is 0 Å². The van der Waals surface area contributed by atoms with Gasteiger partial charge in [0.05, 0.1) is 0 Å². The molecule has 1 unspecified atom stereocenters. The summed E-state index contributed by atoms with van der Waals surface area (Å²) < 4.78 is 16.2. The Balaban J connectivity index is 1.73. The molecule has 26 heavy (non-hydrogen) atoms. The molecule has 0 aliphatic heterocycles. The molecule has 0 aliphatic rings. The van der Waals surface area contributed by atoms with Crippen LogP contribution in [-0.2, 0) is 4.74 Å². The first-order chi connectivity index (χ1) is 12.3. The summed E-state index contributed by atoms with van der Waals surface area (Å²) in [7, 11) is 0. The monoisotopic (exact) mass is 359 g/mol. The molecule has 6 heteroatoms. The largest absolute Gasteiger partial charge is 0.491 e. The molecule has 0 fully saturated rings. The van der Waals surface area contributed by atoms with Crippen LogP contribution in [-0.4, -0.2) is 36.1 Å². The van der Waals surface area contributed by atoms with Gasteiger partial charge in [0.2, 0.25) is 0 Å². The van der Waals surface area contributed by atoms with Crippen molar-refractivity contribution in [2.45, 2.75) is 32.5 Å². The molecular formula is C20H25NO5. The molecule has 0 heterocycles. The van der Waals surface area contributed by atoms with Gasteiger partial charge in [0, 0.05) is 5.69 Å². The zero-order valence-corrected chi connectivity index (χ0v) is 15.3. The zero-order chi connectivity index (χ0) is 19.0. The van der Waals surface area contributed by atoms with Crippen molar-refractivity contribution in [3.8, 4) is 11.5 Å². The number of hydrogen-bond acceptors (Lipinski definition) is 5. The summed E-state index contributed by atoms with van der Waals surface area (Å²) in [5.41, 5.74) is 0.0463. The number of rotatable bonds is 7. The lowest BCUT2D eigenvalue weighted by Gasteiger charge is -2.19. The average molecular weight is 359 g/mol. The first-order valence-electron chi connectivity index (χ1n) is 8.40. The van der Waals surface area contributed by atoms with Crippen LogP contribution in [0.2, 0.25) is 0 Å². The first-order valence-corrected chi connectivity index (χ1v) is 8.40. The molecule has 2 aromatic carbocycles. The minimum Gasteiger partial charge on any atom is -0.491 e. The Labute approximate surface area is 153 Å². The number of aliphatic hydroxyl groups is 1. The van der Waals surface area contributed by atoms with E-state index in [9.17, 15) is 9.90 Å². The van der Waals surface area contributed by atoms with Crippen LogP contribution >= 0.6 is 0 Å². The number of ether oxygens (including phenoxy) is 3. The molecule has 0 aliphatic carbocycles. The summed E-state index contributed by atoms with van der Waals surface area (Å²) in [4.78, 5) is 11.7. The number of carbonyl (C=O) groups is 1. The topological polar surface area (TPSA) is 77.0 Å². The minimum atomic E-state index is -0.755. The predicted octanol–water partition coefficient (Wildman–Crippen LogP) is 3.85. The first kappa shape index (κ1) is 19.6. The number of aliphatic hydroxyl groups excluding tert-OH is 1. The Morgan fingerprint density at radius 1 is 0.962 bits per heavy atom. The van der Waals surface area contributed by atoms with Crippen LogP contribution in [0.15, 0.2) is 54.6 Å². The molecule has 0 saturated heterocycles. The van der Waals surface area contributed by atoms with E-state index >= 15 is 0 Å². The van der Waals surface area contributed by atoms with E-state index in [4.69, 9.17) is 14.2 Å². The van der Waals surface area contributed by atoms with E-state index in [0.717, 1.165) is 0 Å². The van der Waals surface area contributed by atoms with Crippen molar-refractivity contribution < 1.29 is 24.1 Å². The van der Waals surface area contributed by atoms with E-state index in [2.05, 4.69) is 5.32 Å². The maximum Gasteiger partial charge on any atom is 0.412 e. The smallest absolute Gasteiger partial charge is 0.412 e. The van der Waals surface area contributed by atoms with Crippen LogP contribution in [0.25, 0.3) is 0 Å². The van der Waals surface area contributed by atoms with Gasteiger partial charge in [-0.2, -0.15) is 0 Å². The normalized spacial score (nSPS) is 12.2. The van der Waals surface area contributed by atoms with Gasteiger partial charge in [-0.3, -0.25) is 5.32 Å². The number of para-hydroxylation sites is 1. The van der Waals surface area contributed by atoms with Crippen molar-refractivity contribution in [3.05, 3.63) is 54.6 Å². The van der Waals surface area contributed by atoms with E-state index in [1.165, 1.54) is 0 Å². The van der Waals surface area contributed by atoms with Crippen LogP contribution in [0.5, 0.6) is 11.5 Å². The molecule has 2 N–H and O–H groups in total. The average Bonchev–Trinajstić information content (AvgIpc) is 2.58. The van der Waals surface area contributed by atoms with E-state index in [1.807, 2.05) is 30.3 Å². The van der Waals surface area contributed by atoms with E-state index in [1.54, 1.807) is 45.0 Å². The zero-order valence-electron chi connectivity index (χ0n) is 15.3. The Bertz CT molecular complexity index is 680. The van der Waals surface area contributed by atoms with Gasteiger partial charge in [-0.15, -0.1) is 0 Å².